The number of nitrogens with zero attached hydrogens (tertiary/aromatic N) is 1. The lowest BCUT2D eigenvalue weighted by molar-refractivity contribution is -0.138. The van der Waals surface area contributed by atoms with Gasteiger partial charge in [0.25, 0.3) is 0 Å². The van der Waals surface area contributed by atoms with E-state index >= 15 is 0 Å². The lowest BCUT2D eigenvalue weighted by Gasteiger charge is -2.30. The van der Waals surface area contributed by atoms with Crippen molar-refractivity contribution >= 4 is 5.91 Å². The third-order valence-corrected chi connectivity index (χ3v) is 3.60. The summed E-state index contributed by atoms with van der Waals surface area (Å²) >= 11 is 0. The number of benzene rings is 1. The summed E-state index contributed by atoms with van der Waals surface area (Å²) in [5, 5.41) is 0. The van der Waals surface area contributed by atoms with E-state index in [1.807, 2.05) is 36.1 Å². The zero-order chi connectivity index (χ0) is 15.1. The van der Waals surface area contributed by atoms with Gasteiger partial charge in [-0.2, -0.15) is 0 Å². The Morgan fingerprint density at radius 2 is 2.33 bits per heavy atom. The molecule has 0 bridgehead atoms. The maximum atomic E-state index is 12.0. The molecule has 0 aromatic heterocycles. The van der Waals surface area contributed by atoms with Gasteiger partial charge < -0.3 is 15.4 Å². The normalized spacial score (nSPS) is 18.1. The molecular formula is C17H22N2O2. The molecule has 4 nitrogen and oxygen atoms in total. The van der Waals surface area contributed by atoms with Gasteiger partial charge in [0, 0.05) is 18.0 Å². The Morgan fingerprint density at radius 1 is 1.48 bits per heavy atom. The van der Waals surface area contributed by atoms with Crippen molar-refractivity contribution in [3.63, 3.8) is 0 Å². The van der Waals surface area contributed by atoms with Gasteiger partial charge >= 0.3 is 0 Å². The Kier molecular flexibility index (Phi) is 5.65. The number of piperidine rings is 1. The highest BCUT2D eigenvalue weighted by molar-refractivity contribution is 5.79. The summed E-state index contributed by atoms with van der Waals surface area (Å²) < 4.78 is 5.72. The molecule has 0 radical (unpaired) electrons. The van der Waals surface area contributed by atoms with Crippen molar-refractivity contribution in [1.29, 1.82) is 0 Å². The Hall–Kier alpha value is -1.99. The molecule has 1 aromatic rings. The smallest absolute Gasteiger partial charge is 0.225 e. The molecule has 1 aromatic carbocycles. The summed E-state index contributed by atoms with van der Waals surface area (Å²) in [6.45, 7) is 4.33. The third-order valence-electron chi connectivity index (χ3n) is 3.60. The van der Waals surface area contributed by atoms with Gasteiger partial charge in [-0.25, -0.2) is 0 Å². The number of carbonyl (C=O) groups is 1. The maximum Gasteiger partial charge on any atom is 0.225 e. The minimum Gasteiger partial charge on any atom is -0.492 e. The van der Waals surface area contributed by atoms with Gasteiger partial charge in [-0.05, 0) is 31.0 Å². The summed E-state index contributed by atoms with van der Waals surface area (Å²) in [6, 6.07) is 7.62. The molecule has 1 heterocycles. The van der Waals surface area contributed by atoms with Crippen LogP contribution in [0.1, 0.15) is 25.3 Å². The highest BCUT2D eigenvalue weighted by Gasteiger charge is 2.24. The number of nitrogens with two attached hydrogens (primary N) is 1. The molecule has 2 rings (SSSR count). The molecule has 112 valence electrons. The summed E-state index contributed by atoms with van der Waals surface area (Å²) in [5.41, 5.74) is 6.25. The lowest BCUT2D eigenvalue weighted by atomic mass is 9.99. The molecule has 1 fully saturated rings. The van der Waals surface area contributed by atoms with Gasteiger partial charge in [0.2, 0.25) is 5.91 Å². The molecule has 1 aliphatic heterocycles. The first-order valence-electron chi connectivity index (χ1n) is 7.41. The van der Waals surface area contributed by atoms with Crippen molar-refractivity contribution in [2.24, 2.45) is 11.7 Å². The number of carbonyl (C=O) groups excluding carboxylic acids is 1. The molecule has 1 saturated heterocycles. The molecule has 1 aliphatic rings. The van der Waals surface area contributed by atoms with Gasteiger partial charge in [0.05, 0.1) is 13.1 Å². The molecule has 4 heteroatoms. The molecule has 0 spiro atoms. The summed E-state index contributed by atoms with van der Waals surface area (Å²) in [6.07, 6.45) is 2.08. The van der Waals surface area contributed by atoms with Gasteiger partial charge in [0.15, 0.2) is 0 Å². The fourth-order valence-corrected chi connectivity index (χ4v) is 2.45. The molecular weight excluding hydrogens is 264 g/mol. The Bertz CT molecular complexity index is 545. The van der Waals surface area contributed by atoms with Crippen molar-refractivity contribution in [2.75, 3.05) is 26.2 Å². The number of amides is 1. The second-order valence-electron chi connectivity index (χ2n) is 5.25. The number of hydrogen-bond donors (Lipinski definition) is 1. The molecule has 1 atom stereocenters. The van der Waals surface area contributed by atoms with Crippen LogP contribution in [0.2, 0.25) is 0 Å². The van der Waals surface area contributed by atoms with Crippen LogP contribution in [0.25, 0.3) is 0 Å². The fourth-order valence-electron chi connectivity index (χ4n) is 2.45. The highest BCUT2D eigenvalue weighted by Crippen LogP contribution is 2.17. The average molecular weight is 286 g/mol. The van der Waals surface area contributed by atoms with E-state index in [0.717, 1.165) is 30.7 Å². The van der Waals surface area contributed by atoms with Gasteiger partial charge in [-0.15, -0.1) is 0 Å². The van der Waals surface area contributed by atoms with Crippen LogP contribution in [-0.4, -0.2) is 37.0 Å². The van der Waals surface area contributed by atoms with Crippen molar-refractivity contribution in [2.45, 2.75) is 19.8 Å². The van der Waals surface area contributed by atoms with Crippen molar-refractivity contribution in [1.82, 2.24) is 4.90 Å². The second kappa shape index (κ2) is 7.70. The monoisotopic (exact) mass is 286 g/mol. The van der Waals surface area contributed by atoms with E-state index in [2.05, 4.69) is 11.8 Å². The van der Waals surface area contributed by atoms with Gasteiger partial charge in [-0.1, -0.05) is 24.8 Å². The molecule has 21 heavy (non-hydrogen) atoms. The predicted molar refractivity (Wildman–Crippen MR) is 82.8 cm³/mol. The van der Waals surface area contributed by atoms with E-state index in [-0.39, 0.29) is 11.8 Å². The van der Waals surface area contributed by atoms with Crippen LogP contribution in [0.3, 0.4) is 0 Å². The maximum absolute atomic E-state index is 12.0. The van der Waals surface area contributed by atoms with Crippen LogP contribution < -0.4 is 10.5 Å². The third kappa shape index (κ3) is 4.51. The molecule has 0 saturated carbocycles. The minimum absolute atomic E-state index is 0.147. The Labute approximate surface area is 126 Å². The largest absolute Gasteiger partial charge is 0.492 e. The van der Waals surface area contributed by atoms with Crippen molar-refractivity contribution in [3.05, 3.63) is 29.8 Å². The Morgan fingerprint density at radius 3 is 3.14 bits per heavy atom. The highest BCUT2D eigenvalue weighted by atomic mass is 16.5. The van der Waals surface area contributed by atoms with E-state index in [9.17, 15) is 4.79 Å². The first kappa shape index (κ1) is 15.4. The van der Waals surface area contributed by atoms with E-state index in [1.54, 1.807) is 0 Å². The van der Waals surface area contributed by atoms with Crippen LogP contribution in [-0.2, 0) is 4.79 Å². The number of rotatable bonds is 4. The molecule has 0 aliphatic carbocycles. The van der Waals surface area contributed by atoms with Crippen LogP contribution in [0.5, 0.6) is 5.75 Å². The zero-order valence-electron chi connectivity index (χ0n) is 12.5. The summed E-state index contributed by atoms with van der Waals surface area (Å²) in [7, 11) is 0. The summed E-state index contributed by atoms with van der Waals surface area (Å²) in [5.74, 6) is 6.96. The number of likely N-dealkylation sites (tertiary alicyclic amines) is 1. The minimum atomic E-state index is 0.147. The number of ether oxygens (including phenoxy) is 1. The quantitative estimate of drug-likeness (QED) is 0.856. The SMILES string of the molecule is CC1CCCN(CCOc2cccc(C#CCN)c2)C1=O. The van der Waals surface area contributed by atoms with E-state index in [4.69, 9.17) is 10.5 Å². The standard InChI is InChI=1S/C17H22N2O2/c1-14-5-4-10-19(17(14)20)11-12-21-16-8-2-6-15(13-16)7-3-9-18/h2,6,8,13-14H,4-5,9-12,18H2,1H3. The molecule has 2 N–H and O–H groups in total. The van der Waals surface area contributed by atoms with Gasteiger partial charge in [0.1, 0.15) is 12.4 Å². The topological polar surface area (TPSA) is 55.6 Å². The van der Waals surface area contributed by atoms with E-state index < -0.39 is 0 Å². The fraction of sp³-hybridized carbons (Fsp3) is 0.471. The van der Waals surface area contributed by atoms with Crippen LogP contribution in [0.15, 0.2) is 24.3 Å². The van der Waals surface area contributed by atoms with E-state index in [1.165, 1.54) is 0 Å². The lowest BCUT2D eigenvalue weighted by Crippen LogP contribution is -2.42. The Balaban J connectivity index is 1.84. The first-order valence-corrected chi connectivity index (χ1v) is 7.41. The van der Waals surface area contributed by atoms with E-state index in [0.29, 0.717) is 19.7 Å². The average Bonchev–Trinajstić information content (AvgIpc) is 2.50. The second-order valence-corrected chi connectivity index (χ2v) is 5.25. The van der Waals surface area contributed by atoms with Crippen LogP contribution in [0, 0.1) is 17.8 Å². The van der Waals surface area contributed by atoms with Crippen LogP contribution in [0.4, 0.5) is 0 Å². The van der Waals surface area contributed by atoms with Crippen LogP contribution >= 0.6 is 0 Å². The van der Waals surface area contributed by atoms with Gasteiger partial charge in [-0.3, -0.25) is 4.79 Å². The van der Waals surface area contributed by atoms with Crippen molar-refractivity contribution in [3.8, 4) is 17.6 Å². The molecule has 1 unspecified atom stereocenters. The summed E-state index contributed by atoms with van der Waals surface area (Å²) in [4.78, 5) is 13.9. The number of hydrogen-bond acceptors (Lipinski definition) is 3. The van der Waals surface area contributed by atoms with Crippen molar-refractivity contribution < 1.29 is 9.53 Å². The first-order chi connectivity index (χ1) is 10.2. The zero-order valence-corrected chi connectivity index (χ0v) is 12.5. The predicted octanol–water partition coefficient (Wildman–Crippen LogP) is 1.63. The molecule has 1 amide bonds.